The second kappa shape index (κ2) is 4.22. The van der Waals surface area contributed by atoms with Gasteiger partial charge in [0.2, 0.25) is 0 Å². The van der Waals surface area contributed by atoms with Crippen LogP contribution in [-0.2, 0) is 9.84 Å². The fraction of sp³-hybridized carbons (Fsp3) is 0.417. The SMILES string of the molecule is Cc1ccc(F)c(C(=O)C(C)(C)S(C)(=O)=O)c1. The van der Waals surface area contributed by atoms with Crippen LogP contribution in [0.5, 0.6) is 0 Å². The predicted molar refractivity (Wildman–Crippen MR) is 64.4 cm³/mol. The molecule has 0 fully saturated rings. The van der Waals surface area contributed by atoms with Crippen molar-refractivity contribution in [1.29, 1.82) is 0 Å². The van der Waals surface area contributed by atoms with Gasteiger partial charge in [0.1, 0.15) is 10.6 Å². The summed E-state index contributed by atoms with van der Waals surface area (Å²) in [7, 11) is -3.60. The summed E-state index contributed by atoms with van der Waals surface area (Å²) in [6.07, 6.45) is 0.971. The summed E-state index contributed by atoms with van der Waals surface area (Å²) in [5.74, 6) is -1.42. The molecule has 0 amide bonds. The Hall–Kier alpha value is -1.23. The number of carbonyl (C=O) groups is 1. The third-order valence-electron chi connectivity index (χ3n) is 2.84. The van der Waals surface area contributed by atoms with Crippen LogP contribution in [0.4, 0.5) is 4.39 Å². The van der Waals surface area contributed by atoms with Crippen LogP contribution in [0.1, 0.15) is 29.8 Å². The molecule has 0 aliphatic rings. The Labute approximate surface area is 101 Å². The molecule has 0 atom stereocenters. The number of hydrogen-bond acceptors (Lipinski definition) is 3. The number of rotatable bonds is 3. The Morgan fingerprint density at radius 2 is 1.82 bits per heavy atom. The lowest BCUT2D eigenvalue weighted by Crippen LogP contribution is -2.40. The van der Waals surface area contributed by atoms with Gasteiger partial charge in [-0.1, -0.05) is 11.6 Å². The van der Waals surface area contributed by atoms with Crippen molar-refractivity contribution >= 4 is 15.6 Å². The molecular formula is C12H15FO3S. The smallest absolute Gasteiger partial charge is 0.186 e. The lowest BCUT2D eigenvalue weighted by Gasteiger charge is -2.21. The first-order chi connectivity index (χ1) is 7.57. The summed E-state index contributed by atoms with van der Waals surface area (Å²) >= 11 is 0. The molecule has 94 valence electrons. The van der Waals surface area contributed by atoms with Crippen molar-refractivity contribution < 1.29 is 17.6 Å². The highest BCUT2D eigenvalue weighted by Gasteiger charge is 2.39. The molecule has 0 spiro atoms. The minimum absolute atomic E-state index is 0.180. The largest absolute Gasteiger partial charge is 0.292 e. The molecule has 0 saturated carbocycles. The molecule has 0 aliphatic heterocycles. The van der Waals surface area contributed by atoms with Gasteiger partial charge >= 0.3 is 0 Å². The van der Waals surface area contributed by atoms with Gasteiger partial charge in [0, 0.05) is 6.26 Å². The first-order valence-corrected chi connectivity index (χ1v) is 6.97. The second-order valence-corrected chi connectivity index (χ2v) is 7.16. The normalized spacial score (nSPS) is 12.5. The van der Waals surface area contributed by atoms with Gasteiger partial charge < -0.3 is 0 Å². The van der Waals surface area contributed by atoms with E-state index in [1.807, 2.05) is 0 Å². The van der Waals surface area contributed by atoms with Gasteiger partial charge in [-0.25, -0.2) is 12.8 Å². The molecule has 0 saturated heterocycles. The minimum Gasteiger partial charge on any atom is -0.292 e. The van der Waals surface area contributed by atoms with E-state index in [4.69, 9.17) is 0 Å². The predicted octanol–water partition coefficient (Wildman–Crippen LogP) is 2.14. The molecule has 1 aromatic carbocycles. The van der Waals surface area contributed by atoms with Crippen molar-refractivity contribution in [2.45, 2.75) is 25.5 Å². The van der Waals surface area contributed by atoms with Crippen molar-refractivity contribution in [3.63, 3.8) is 0 Å². The molecule has 17 heavy (non-hydrogen) atoms. The van der Waals surface area contributed by atoms with Crippen LogP contribution < -0.4 is 0 Å². The van der Waals surface area contributed by atoms with E-state index in [1.165, 1.54) is 32.0 Å². The van der Waals surface area contributed by atoms with E-state index < -0.39 is 26.2 Å². The van der Waals surface area contributed by atoms with Crippen LogP contribution >= 0.6 is 0 Å². The monoisotopic (exact) mass is 258 g/mol. The standard InChI is InChI=1S/C12H15FO3S/c1-8-5-6-10(13)9(7-8)11(14)12(2,3)17(4,15)16/h5-7H,1-4H3. The summed E-state index contributed by atoms with van der Waals surface area (Å²) in [6.45, 7) is 4.28. The topological polar surface area (TPSA) is 51.2 Å². The third kappa shape index (κ3) is 2.54. The maximum atomic E-state index is 13.5. The van der Waals surface area contributed by atoms with E-state index in [0.717, 1.165) is 6.26 Å². The van der Waals surface area contributed by atoms with Crippen LogP contribution in [0.25, 0.3) is 0 Å². The van der Waals surface area contributed by atoms with Crippen LogP contribution in [-0.4, -0.2) is 25.2 Å². The summed E-state index contributed by atoms with van der Waals surface area (Å²) in [4.78, 5) is 12.1. The summed E-state index contributed by atoms with van der Waals surface area (Å²) < 4.78 is 34.9. The van der Waals surface area contributed by atoms with Gasteiger partial charge in [-0.3, -0.25) is 4.79 Å². The van der Waals surface area contributed by atoms with Crippen LogP contribution in [0.3, 0.4) is 0 Å². The Bertz CT molecular complexity index is 559. The highest BCUT2D eigenvalue weighted by molar-refractivity contribution is 7.92. The summed E-state index contributed by atoms with van der Waals surface area (Å²) in [5, 5.41) is 0. The molecule has 0 unspecified atom stereocenters. The number of aryl methyl sites for hydroxylation is 1. The Kier molecular flexibility index (Phi) is 3.43. The Morgan fingerprint density at radius 1 is 1.29 bits per heavy atom. The van der Waals surface area contributed by atoms with Gasteiger partial charge in [-0.05, 0) is 32.9 Å². The number of carbonyl (C=O) groups excluding carboxylic acids is 1. The number of Topliss-reactive ketones (excluding diaryl/α,β-unsaturated/α-hetero) is 1. The van der Waals surface area contributed by atoms with Crippen molar-refractivity contribution in [2.24, 2.45) is 0 Å². The average Bonchev–Trinajstić information content (AvgIpc) is 2.19. The average molecular weight is 258 g/mol. The van der Waals surface area contributed by atoms with Crippen molar-refractivity contribution in [2.75, 3.05) is 6.26 Å². The van der Waals surface area contributed by atoms with Gasteiger partial charge in [0.25, 0.3) is 0 Å². The summed E-state index contributed by atoms with van der Waals surface area (Å²) in [6, 6.07) is 4.06. The molecule has 0 bridgehead atoms. The van der Waals surface area contributed by atoms with Gasteiger partial charge in [-0.15, -0.1) is 0 Å². The molecule has 0 aromatic heterocycles. The van der Waals surface area contributed by atoms with E-state index >= 15 is 0 Å². The number of ketones is 1. The highest BCUT2D eigenvalue weighted by Crippen LogP contribution is 2.23. The lowest BCUT2D eigenvalue weighted by atomic mass is 9.98. The Morgan fingerprint density at radius 3 is 2.29 bits per heavy atom. The maximum absolute atomic E-state index is 13.5. The molecule has 1 aromatic rings. The van der Waals surface area contributed by atoms with E-state index in [2.05, 4.69) is 0 Å². The molecular weight excluding hydrogens is 243 g/mol. The van der Waals surface area contributed by atoms with E-state index in [1.54, 1.807) is 6.92 Å². The van der Waals surface area contributed by atoms with E-state index in [-0.39, 0.29) is 5.56 Å². The van der Waals surface area contributed by atoms with Crippen molar-refractivity contribution in [3.05, 3.63) is 35.1 Å². The second-order valence-electron chi connectivity index (χ2n) is 4.59. The van der Waals surface area contributed by atoms with Gasteiger partial charge in [0.15, 0.2) is 15.6 Å². The lowest BCUT2D eigenvalue weighted by molar-refractivity contribution is 0.0950. The zero-order valence-corrected chi connectivity index (χ0v) is 11.1. The molecule has 3 nitrogen and oxygen atoms in total. The first kappa shape index (κ1) is 13.8. The van der Waals surface area contributed by atoms with Crippen molar-refractivity contribution in [3.8, 4) is 0 Å². The van der Waals surface area contributed by atoms with Gasteiger partial charge in [0.05, 0.1) is 5.56 Å². The van der Waals surface area contributed by atoms with Crippen LogP contribution in [0.2, 0.25) is 0 Å². The molecule has 5 heteroatoms. The quantitative estimate of drug-likeness (QED) is 0.780. The van der Waals surface area contributed by atoms with E-state index in [0.29, 0.717) is 5.56 Å². The number of halogens is 1. The maximum Gasteiger partial charge on any atom is 0.186 e. The molecule has 0 aliphatic carbocycles. The van der Waals surface area contributed by atoms with Gasteiger partial charge in [-0.2, -0.15) is 0 Å². The van der Waals surface area contributed by atoms with Crippen molar-refractivity contribution in [1.82, 2.24) is 0 Å². The third-order valence-corrected chi connectivity index (χ3v) is 4.88. The number of sulfone groups is 1. The molecule has 0 N–H and O–H groups in total. The zero-order valence-electron chi connectivity index (χ0n) is 10.2. The summed E-state index contributed by atoms with van der Waals surface area (Å²) in [5.41, 5.74) is 0.527. The Balaban J connectivity index is 3.36. The molecule has 0 radical (unpaired) electrons. The fourth-order valence-corrected chi connectivity index (χ4v) is 1.75. The fourth-order valence-electron chi connectivity index (χ4n) is 1.31. The molecule has 1 rings (SSSR count). The van der Waals surface area contributed by atoms with E-state index in [9.17, 15) is 17.6 Å². The first-order valence-electron chi connectivity index (χ1n) is 5.08. The van der Waals surface area contributed by atoms with Crippen LogP contribution in [0.15, 0.2) is 18.2 Å². The highest BCUT2D eigenvalue weighted by atomic mass is 32.2. The number of hydrogen-bond donors (Lipinski definition) is 0. The van der Waals surface area contributed by atoms with Crippen LogP contribution in [0, 0.1) is 12.7 Å². The molecule has 0 heterocycles. The number of benzene rings is 1. The zero-order chi connectivity index (χ0) is 13.4. The minimum atomic E-state index is -3.60.